The quantitative estimate of drug-likeness (QED) is 0.413. The van der Waals surface area contributed by atoms with E-state index >= 15 is 0 Å². The third-order valence-electron chi connectivity index (χ3n) is 4.35. The third kappa shape index (κ3) is 3.28. The first kappa shape index (κ1) is 16.8. The lowest BCUT2D eigenvalue weighted by Crippen LogP contribution is -2.42. The molecule has 1 aliphatic heterocycles. The monoisotopic (exact) mass is 360 g/mol. The molecule has 23 heavy (non-hydrogen) atoms. The first-order chi connectivity index (χ1) is 10.8. The predicted molar refractivity (Wildman–Crippen MR) is 105 cm³/mol. The molecule has 1 heterocycles. The van der Waals surface area contributed by atoms with Gasteiger partial charge in [0.15, 0.2) is 0 Å². The first-order valence-electron chi connectivity index (χ1n) is 8.04. The van der Waals surface area contributed by atoms with Gasteiger partial charge in [0.25, 0.3) is 6.69 Å². The van der Waals surface area contributed by atoms with Crippen molar-refractivity contribution in [3.8, 4) is 0 Å². The molecule has 0 bridgehead atoms. The van der Waals surface area contributed by atoms with Crippen LogP contribution >= 0.6 is 22.2 Å². The van der Waals surface area contributed by atoms with Crippen LogP contribution < -0.4 is 0 Å². The Morgan fingerprint density at radius 1 is 0.826 bits per heavy atom. The SMILES string of the molecule is CC(C)(C)CC1C(c2ccccc2)=C(c2ccccc2)[Si]1(Cl)Cl. The maximum atomic E-state index is 6.97. The number of halogens is 2. The Bertz CT molecular complexity index is 712. The van der Waals surface area contributed by atoms with Gasteiger partial charge in [-0.25, -0.2) is 0 Å². The van der Waals surface area contributed by atoms with Gasteiger partial charge in [0, 0.05) is 5.54 Å². The maximum absolute atomic E-state index is 6.97. The molecule has 0 radical (unpaired) electrons. The van der Waals surface area contributed by atoms with Gasteiger partial charge < -0.3 is 0 Å². The van der Waals surface area contributed by atoms with Crippen LogP contribution in [-0.4, -0.2) is 6.69 Å². The van der Waals surface area contributed by atoms with Crippen molar-refractivity contribution in [2.24, 2.45) is 5.41 Å². The summed E-state index contributed by atoms with van der Waals surface area (Å²) in [6.07, 6.45) is 1.02. The Morgan fingerprint density at radius 2 is 1.30 bits per heavy atom. The number of hydrogen-bond donors (Lipinski definition) is 0. The average Bonchev–Trinajstić information content (AvgIpc) is 2.51. The first-order valence-corrected chi connectivity index (χ1v) is 12.1. The lowest BCUT2D eigenvalue weighted by atomic mass is 9.85. The number of hydrogen-bond acceptors (Lipinski definition) is 0. The van der Waals surface area contributed by atoms with Crippen LogP contribution in [-0.2, 0) is 0 Å². The van der Waals surface area contributed by atoms with E-state index in [0.717, 1.165) is 6.42 Å². The second-order valence-electron chi connectivity index (χ2n) is 7.46. The summed E-state index contributed by atoms with van der Waals surface area (Å²) in [5.74, 6) is 0. The zero-order valence-electron chi connectivity index (χ0n) is 13.8. The highest BCUT2D eigenvalue weighted by Crippen LogP contribution is 2.63. The van der Waals surface area contributed by atoms with Crippen LogP contribution in [0.3, 0.4) is 0 Å². The Labute approximate surface area is 149 Å². The summed E-state index contributed by atoms with van der Waals surface area (Å²) < 4.78 is 0. The molecule has 0 N–H and O–H groups in total. The van der Waals surface area contributed by atoms with Crippen molar-refractivity contribution >= 4 is 39.6 Å². The summed E-state index contributed by atoms with van der Waals surface area (Å²) in [4.78, 5) is 0. The molecule has 0 saturated heterocycles. The highest BCUT2D eigenvalue weighted by molar-refractivity contribution is 7.56. The van der Waals surface area contributed by atoms with Crippen molar-refractivity contribution in [2.75, 3.05) is 0 Å². The molecule has 1 unspecified atom stereocenters. The highest BCUT2D eigenvalue weighted by atomic mass is 35.7. The van der Waals surface area contributed by atoms with Crippen LogP contribution in [0.2, 0.25) is 5.54 Å². The Hall–Kier alpha value is -1.02. The molecule has 0 amide bonds. The molecule has 2 aromatic carbocycles. The smallest absolute Gasteiger partial charge is 0.139 e. The molecule has 2 aromatic rings. The van der Waals surface area contributed by atoms with E-state index in [1.807, 2.05) is 6.07 Å². The van der Waals surface area contributed by atoms with Crippen molar-refractivity contribution in [3.05, 3.63) is 71.8 Å². The van der Waals surface area contributed by atoms with Gasteiger partial charge in [-0.3, -0.25) is 0 Å². The Kier molecular flexibility index (Phi) is 4.48. The normalized spacial score (nSPS) is 20.3. The predicted octanol–water partition coefficient (Wildman–Crippen LogP) is 6.88. The van der Waals surface area contributed by atoms with E-state index in [9.17, 15) is 0 Å². The van der Waals surface area contributed by atoms with Crippen LogP contribution in [0, 0.1) is 5.41 Å². The van der Waals surface area contributed by atoms with Crippen LogP contribution in [0.5, 0.6) is 0 Å². The number of allylic oxidation sites excluding steroid dienone is 1. The summed E-state index contributed by atoms with van der Waals surface area (Å²) in [5, 5.41) is 1.20. The number of benzene rings is 2. The summed E-state index contributed by atoms with van der Waals surface area (Å²) in [5.41, 5.74) is 4.26. The molecule has 3 rings (SSSR count). The van der Waals surface area contributed by atoms with Gasteiger partial charge in [0.05, 0.1) is 0 Å². The standard InChI is InChI=1S/C20H22Cl2Si/c1-20(2,3)14-17-18(15-10-6-4-7-11-15)19(23(17,21)22)16-12-8-5-9-13-16/h4-13,17H,14H2,1-3H3. The van der Waals surface area contributed by atoms with Crippen LogP contribution in [0.4, 0.5) is 0 Å². The van der Waals surface area contributed by atoms with Gasteiger partial charge in [-0.05, 0) is 33.7 Å². The van der Waals surface area contributed by atoms with Gasteiger partial charge in [-0.15, -0.1) is 22.2 Å². The van der Waals surface area contributed by atoms with Crippen molar-refractivity contribution < 1.29 is 0 Å². The van der Waals surface area contributed by atoms with Gasteiger partial charge >= 0.3 is 0 Å². The maximum Gasteiger partial charge on any atom is 0.288 e. The van der Waals surface area contributed by atoms with Crippen molar-refractivity contribution in [3.63, 3.8) is 0 Å². The lowest BCUT2D eigenvalue weighted by molar-refractivity contribution is 0.381. The van der Waals surface area contributed by atoms with Crippen LogP contribution in [0.15, 0.2) is 60.7 Å². The average molecular weight is 361 g/mol. The zero-order valence-corrected chi connectivity index (χ0v) is 16.3. The van der Waals surface area contributed by atoms with Crippen molar-refractivity contribution in [1.82, 2.24) is 0 Å². The second-order valence-corrected chi connectivity index (χ2v) is 14.1. The second kappa shape index (κ2) is 6.12. The fourth-order valence-electron chi connectivity index (χ4n) is 3.39. The molecule has 0 aliphatic carbocycles. The summed E-state index contributed by atoms with van der Waals surface area (Å²) in [6.45, 7) is 4.29. The molecule has 0 fully saturated rings. The molecule has 0 aromatic heterocycles. The molecular formula is C20H22Cl2Si. The minimum atomic E-state index is -2.48. The molecule has 0 saturated carbocycles. The molecule has 120 valence electrons. The largest absolute Gasteiger partial charge is 0.288 e. The lowest BCUT2D eigenvalue weighted by Gasteiger charge is -2.46. The van der Waals surface area contributed by atoms with Crippen LogP contribution in [0.25, 0.3) is 10.8 Å². The fraction of sp³-hybridized carbons (Fsp3) is 0.300. The van der Waals surface area contributed by atoms with E-state index in [1.165, 1.54) is 21.9 Å². The molecule has 1 atom stereocenters. The summed E-state index contributed by atoms with van der Waals surface area (Å²) in [6, 6.07) is 21.0. The summed E-state index contributed by atoms with van der Waals surface area (Å²) in [7, 11) is 0. The van der Waals surface area contributed by atoms with Gasteiger partial charge in [-0.1, -0.05) is 81.4 Å². The summed E-state index contributed by atoms with van der Waals surface area (Å²) >= 11 is 13.9. The minimum absolute atomic E-state index is 0.203. The van der Waals surface area contributed by atoms with Gasteiger partial charge in [0.1, 0.15) is 0 Å². The van der Waals surface area contributed by atoms with Crippen LogP contribution in [0.1, 0.15) is 38.3 Å². The topological polar surface area (TPSA) is 0 Å². The Morgan fingerprint density at radius 3 is 1.78 bits per heavy atom. The van der Waals surface area contributed by atoms with Gasteiger partial charge in [0.2, 0.25) is 0 Å². The fourth-order valence-corrected chi connectivity index (χ4v) is 8.67. The van der Waals surface area contributed by atoms with E-state index in [-0.39, 0.29) is 11.0 Å². The molecular weight excluding hydrogens is 339 g/mol. The minimum Gasteiger partial charge on any atom is -0.139 e. The number of rotatable bonds is 3. The Balaban J connectivity index is 2.15. The van der Waals surface area contributed by atoms with E-state index < -0.39 is 6.69 Å². The molecule has 0 nitrogen and oxygen atoms in total. The van der Waals surface area contributed by atoms with Crippen molar-refractivity contribution in [2.45, 2.75) is 32.7 Å². The van der Waals surface area contributed by atoms with E-state index in [4.69, 9.17) is 22.2 Å². The molecule has 0 spiro atoms. The van der Waals surface area contributed by atoms with E-state index in [0.29, 0.717) is 0 Å². The third-order valence-corrected chi connectivity index (χ3v) is 9.66. The van der Waals surface area contributed by atoms with E-state index in [1.54, 1.807) is 0 Å². The molecule has 3 heteroatoms. The van der Waals surface area contributed by atoms with Gasteiger partial charge in [-0.2, -0.15) is 0 Å². The highest BCUT2D eigenvalue weighted by Gasteiger charge is 2.55. The molecule has 1 aliphatic rings. The van der Waals surface area contributed by atoms with Crippen molar-refractivity contribution in [1.29, 1.82) is 0 Å². The van der Waals surface area contributed by atoms with E-state index in [2.05, 4.69) is 75.4 Å². The zero-order chi connectivity index (χ0) is 16.7.